The number of hydrogen-bond acceptors (Lipinski definition) is 4. The highest BCUT2D eigenvalue weighted by atomic mass is 16.6. The molecule has 0 atom stereocenters. The van der Waals surface area contributed by atoms with Gasteiger partial charge >= 0.3 is 5.97 Å². The Morgan fingerprint density at radius 3 is 2.38 bits per heavy atom. The first-order valence-electron chi connectivity index (χ1n) is 10.9. The minimum atomic E-state index is -0.685. The fourth-order valence-corrected chi connectivity index (χ4v) is 5.05. The van der Waals surface area contributed by atoms with Gasteiger partial charge in [-0.25, -0.2) is 4.79 Å². The third-order valence-electron chi connectivity index (χ3n) is 6.99. The van der Waals surface area contributed by atoms with E-state index in [1.54, 1.807) is 6.92 Å². The highest BCUT2D eigenvalue weighted by Crippen LogP contribution is 2.46. The molecule has 1 aromatic rings. The first-order valence-corrected chi connectivity index (χ1v) is 10.9. The molecular formula is C24H32N2O3. The molecule has 0 aromatic heterocycles. The smallest absolute Gasteiger partial charge is 0.335 e. The number of esters is 1. The fourth-order valence-electron chi connectivity index (χ4n) is 5.05. The standard InChI is InChI=1S/C24H32N2O3/c1-16-7-9-24(10-8-16)21(19(4)23(28)29-24)22(27)26-13-11-25(12-14-26)20-15-17(2)5-6-18(20)3/h5-6,15-16H,7-14H2,1-4H3. The topological polar surface area (TPSA) is 49.9 Å². The highest BCUT2D eigenvalue weighted by Gasteiger charge is 2.51. The molecule has 2 aliphatic heterocycles. The Labute approximate surface area is 173 Å². The van der Waals surface area contributed by atoms with Gasteiger partial charge < -0.3 is 14.5 Å². The Kier molecular flexibility index (Phi) is 5.18. The van der Waals surface area contributed by atoms with Gasteiger partial charge in [-0.3, -0.25) is 4.79 Å². The third-order valence-corrected chi connectivity index (χ3v) is 6.99. The van der Waals surface area contributed by atoms with Crippen molar-refractivity contribution in [1.82, 2.24) is 4.90 Å². The Bertz CT molecular complexity index is 857. The number of ether oxygens (including phenoxy) is 1. The van der Waals surface area contributed by atoms with E-state index >= 15 is 0 Å². The maximum Gasteiger partial charge on any atom is 0.335 e. The molecule has 2 fully saturated rings. The first kappa shape index (κ1) is 20.0. The quantitative estimate of drug-likeness (QED) is 0.714. The summed E-state index contributed by atoms with van der Waals surface area (Å²) in [6.45, 7) is 11.2. The average Bonchev–Trinajstić information content (AvgIpc) is 2.96. The van der Waals surface area contributed by atoms with Crippen LogP contribution in [0.1, 0.15) is 50.7 Å². The van der Waals surface area contributed by atoms with Crippen LogP contribution >= 0.6 is 0 Å². The Hall–Kier alpha value is -2.30. The number of carbonyl (C=O) groups is 2. The van der Waals surface area contributed by atoms with Crippen LogP contribution in [-0.4, -0.2) is 48.6 Å². The number of amides is 1. The Morgan fingerprint density at radius 2 is 1.72 bits per heavy atom. The lowest BCUT2D eigenvalue weighted by atomic mass is 9.74. The van der Waals surface area contributed by atoms with Gasteiger partial charge in [0.2, 0.25) is 0 Å². The van der Waals surface area contributed by atoms with Gasteiger partial charge in [-0.2, -0.15) is 0 Å². The van der Waals surface area contributed by atoms with Crippen LogP contribution in [0.25, 0.3) is 0 Å². The van der Waals surface area contributed by atoms with E-state index in [2.05, 4.69) is 43.9 Å². The molecule has 2 heterocycles. The predicted octanol–water partition coefficient (Wildman–Crippen LogP) is 3.77. The lowest BCUT2D eigenvalue weighted by molar-refractivity contribution is -0.150. The zero-order valence-corrected chi connectivity index (χ0v) is 18.1. The molecule has 4 rings (SSSR count). The van der Waals surface area contributed by atoms with Gasteiger partial charge in [0.15, 0.2) is 0 Å². The van der Waals surface area contributed by atoms with Crippen LogP contribution in [-0.2, 0) is 14.3 Å². The van der Waals surface area contributed by atoms with Crippen molar-refractivity contribution in [3.63, 3.8) is 0 Å². The van der Waals surface area contributed by atoms with E-state index < -0.39 is 5.60 Å². The summed E-state index contributed by atoms with van der Waals surface area (Å²) in [5.74, 6) is 0.318. The molecule has 1 saturated carbocycles. The lowest BCUT2D eigenvalue weighted by Crippen LogP contribution is -2.51. The minimum absolute atomic E-state index is 0.00326. The van der Waals surface area contributed by atoms with Gasteiger partial charge in [0.05, 0.1) is 5.57 Å². The number of rotatable bonds is 2. The van der Waals surface area contributed by atoms with E-state index in [0.717, 1.165) is 38.8 Å². The summed E-state index contributed by atoms with van der Waals surface area (Å²) in [5.41, 5.74) is 4.23. The molecule has 0 bridgehead atoms. The zero-order chi connectivity index (χ0) is 20.8. The molecule has 0 N–H and O–H groups in total. The molecule has 1 aromatic carbocycles. The van der Waals surface area contributed by atoms with Crippen molar-refractivity contribution in [3.8, 4) is 0 Å². The normalized spacial score (nSPS) is 27.6. The van der Waals surface area contributed by atoms with Crippen LogP contribution < -0.4 is 4.90 Å². The van der Waals surface area contributed by atoms with Crippen molar-refractivity contribution in [2.24, 2.45) is 5.92 Å². The van der Waals surface area contributed by atoms with Crippen molar-refractivity contribution in [2.75, 3.05) is 31.1 Å². The number of nitrogens with zero attached hydrogens (tertiary/aromatic N) is 2. The molecule has 0 radical (unpaired) electrons. The molecule has 5 nitrogen and oxygen atoms in total. The average molecular weight is 397 g/mol. The molecule has 1 amide bonds. The predicted molar refractivity (Wildman–Crippen MR) is 114 cm³/mol. The van der Waals surface area contributed by atoms with Gasteiger partial charge in [0.25, 0.3) is 5.91 Å². The SMILES string of the molecule is CC1=C(C(=O)N2CCN(c3cc(C)ccc3C)CC2)C2(CCC(C)CC2)OC1=O. The summed E-state index contributed by atoms with van der Waals surface area (Å²) in [6, 6.07) is 6.52. The number of hydrogen-bond donors (Lipinski definition) is 0. The second-order valence-electron chi connectivity index (χ2n) is 9.14. The van der Waals surface area contributed by atoms with Crippen molar-refractivity contribution < 1.29 is 14.3 Å². The second kappa shape index (κ2) is 7.51. The van der Waals surface area contributed by atoms with Gasteiger partial charge in [-0.05, 0) is 69.6 Å². The third kappa shape index (κ3) is 3.56. The first-order chi connectivity index (χ1) is 13.8. The van der Waals surface area contributed by atoms with Crippen LogP contribution in [0.3, 0.4) is 0 Å². The highest BCUT2D eigenvalue weighted by molar-refractivity contribution is 6.07. The van der Waals surface area contributed by atoms with Crippen LogP contribution in [0.15, 0.2) is 29.3 Å². The molecule has 1 aliphatic carbocycles. The van der Waals surface area contributed by atoms with Gasteiger partial charge in [0, 0.05) is 37.4 Å². The Morgan fingerprint density at radius 1 is 1.07 bits per heavy atom. The van der Waals surface area contributed by atoms with E-state index in [0.29, 0.717) is 30.2 Å². The largest absolute Gasteiger partial charge is 0.451 e. The zero-order valence-electron chi connectivity index (χ0n) is 18.1. The molecule has 5 heteroatoms. The van der Waals surface area contributed by atoms with Crippen LogP contribution in [0, 0.1) is 19.8 Å². The van der Waals surface area contributed by atoms with E-state index in [-0.39, 0.29) is 11.9 Å². The molecule has 0 unspecified atom stereocenters. The van der Waals surface area contributed by atoms with Gasteiger partial charge in [0.1, 0.15) is 5.60 Å². The number of piperazine rings is 1. The minimum Gasteiger partial charge on any atom is -0.451 e. The summed E-state index contributed by atoms with van der Waals surface area (Å²) in [7, 11) is 0. The Balaban J connectivity index is 1.50. The number of carbonyl (C=O) groups excluding carboxylic acids is 2. The number of aryl methyl sites for hydroxylation is 2. The van der Waals surface area contributed by atoms with E-state index in [9.17, 15) is 9.59 Å². The number of benzene rings is 1. The summed E-state index contributed by atoms with van der Waals surface area (Å²) in [5, 5.41) is 0. The van der Waals surface area contributed by atoms with E-state index in [1.165, 1.54) is 16.8 Å². The second-order valence-corrected chi connectivity index (χ2v) is 9.14. The monoisotopic (exact) mass is 396 g/mol. The van der Waals surface area contributed by atoms with E-state index in [1.807, 2.05) is 4.90 Å². The van der Waals surface area contributed by atoms with E-state index in [4.69, 9.17) is 4.74 Å². The van der Waals surface area contributed by atoms with Crippen molar-refractivity contribution in [3.05, 3.63) is 40.5 Å². The summed E-state index contributed by atoms with van der Waals surface area (Å²) in [4.78, 5) is 30.1. The van der Waals surface area contributed by atoms with Crippen molar-refractivity contribution >= 4 is 17.6 Å². The van der Waals surface area contributed by atoms with Gasteiger partial charge in [-0.15, -0.1) is 0 Å². The maximum absolute atomic E-state index is 13.5. The van der Waals surface area contributed by atoms with Crippen LogP contribution in [0.5, 0.6) is 0 Å². The summed E-state index contributed by atoms with van der Waals surface area (Å²) < 4.78 is 5.82. The number of anilines is 1. The summed E-state index contributed by atoms with van der Waals surface area (Å²) >= 11 is 0. The lowest BCUT2D eigenvalue weighted by Gasteiger charge is -2.40. The molecule has 1 saturated heterocycles. The maximum atomic E-state index is 13.5. The molecule has 156 valence electrons. The van der Waals surface area contributed by atoms with Crippen molar-refractivity contribution in [1.29, 1.82) is 0 Å². The molecule has 3 aliphatic rings. The van der Waals surface area contributed by atoms with Crippen LogP contribution in [0.4, 0.5) is 5.69 Å². The van der Waals surface area contributed by atoms with Crippen LogP contribution in [0.2, 0.25) is 0 Å². The fraction of sp³-hybridized carbons (Fsp3) is 0.583. The summed E-state index contributed by atoms with van der Waals surface area (Å²) in [6.07, 6.45) is 3.52. The molecule has 29 heavy (non-hydrogen) atoms. The van der Waals surface area contributed by atoms with Gasteiger partial charge in [-0.1, -0.05) is 19.1 Å². The molecule has 1 spiro atoms. The van der Waals surface area contributed by atoms with Crippen molar-refractivity contribution in [2.45, 2.75) is 59.0 Å². The molecular weight excluding hydrogens is 364 g/mol.